The molecule has 0 atom stereocenters. The van der Waals surface area contributed by atoms with E-state index in [0.29, 0.717) is 32.2 Å². The molecule has 170 valence electrons. The van der Waals surface area contributed by atoms with Crippen LogP contribution in [0.3, 0.4) is 0 Å². The van der Waals surface area contributed by atoms with Crippen molar-refractivity contribution in [2.24, 2.45) is 4.99 Å². The number of guanidine groups is 1. The minimum Gasteiger partial charge on any atom is -0.493 e. The van der Waals surface area contributed by atoms with Crippen LogP contribution in [0.25, 0.3) is 0 Å². The van der Waals surface area contributed by atoms with Gasteiger partial charge in [0, 0.05) is 32.2 Å². The van der Waals surface area contributed by atoms with Crippen molar-refractivity contribution in [3.63, 3.8) is 0 Å². The zero-order valence-electron chi connectivity index (χ0n) is 18.3. The maximum absolute atomic E-state index is 12.9. The van der Waals surface area contributed by atoms with Crippen LogP contribution in [-0.4, -0.2) is 38.6 Å². The average molecular weight is 542 g/mol. The van der Waals surface area contributed by atoms with Gasteiger partial charge in [0.1, 0.15) is 11.6 Å². The third kappa shape index (κ3) is 9.99. The van der Waals surface area contributed by atoms with E-state index in [1.165, 1.54) is 12.1 Å². The lowest BCUT2D eigenvalue weighted by molar-refractivity contribution is -0.120. The molecule has 0 spiro atoms. The maximum atomic E-state index is 12.9. The molecule has 2 rings (SSSR count). The van der Waals surface area contributed by atoms with Gasteiger partial charge >= 0.3 is 0 Å². The van der Waals surface area contributed by atoms with Crippen LogP contribution in [0, 0.1) is 12.7 Å². The Morgan fingerprint density at radius 2 is 1.77 bits per heavy atom. The maximum Gasteiger partial charge on any atom is 0.224 e. The summed E-state index contributed by atoms with van der Waals surface area (Å²) in [5.41, 5.74) is 2.99. The van der Waals surface area contributed by atoms with Gasteiger partial charge in [-0.15, -0.1) is 24.0 Å². The van der Waals surface area contributed by atoms with Gasteiger partial charge in [0.25, 0.3) is 0 Å². The van der Waals surface area contributed by atoms with Crippen molar-refractivity contribution >= 4 is 35.8 Å². The Balaban J connectivity index is 0.00000480. The highest BCUT2D eigenvalue weighted by molar-refractivity contribution is 14.0. The van der Waals surface area contributed by atoms with Gasteiger partial charge in [-0.25, -0.2) is 4.39 Å². The van der Waals surface area contributed by atoms with Gasteiger partial charge in [-0.2, -0.15) is 0 Å². The molecule has 6 nitrogen and oxygen atoms in total. The summed E-state index contributed by atoms with van der Waals surface area (Å²) in [5.74, 6) is 1.11. The Morgan fingerprint density at radius 1 is 1.06 bits per heavy atom. The second-order valence-electron chi connectivity index (χ2n) is 6.97. The van der Waals surface area contributed by atoms with Gasteiger partial charge in [0.05, 0.1) is 13.0 Å². The number of hydrogen-bond acceptors (Lipinski definition) is 3. The zero-order chi connectivity index (χ0) is 21.8. The summed E-state index contributed by atoms with van der Waals surface area (Å²) in [5, 5.41) is 9.28. The minimum atomic E-state index is -0.308. The summed E-state index contributed by atoms with van der Waals surface area (Å²) in [4.78, 5) is 16.2. The molecule has 0 saturated carbocycles. The number of benzene rings is 2. The summed E-state index contributed by atoms with van der Waals surface area (Å²) < 4.78 is 18.8. The first-order chi connectivity index (χ1) is 14.5. The standard InChI is InChI=1S/C23H31FN4O2.HI/c1-4-13-30-21-14-17(2)5-8-19(21)16-28-23(25-3)27-12-11-26-22(29)15-18-6-9-20(24)10-7-18;/h5-10,14H,4,11-13,15-16H2,1-3H3,(H,26,29)(H2,25,27,28);1H. The first-order valence-electron chi connectivity index (χ1n) is 10.2. The van der Waals surface area contributed by atoms with Gasteiger partial charge in [-0.3, -0.25) is 9.79 Å². The van der Waals surface area contributed by atoms with Gasteiger partial charge in [0.15, 0.2) is 5.96 Å². The molecule has 0 aromatic heterocycles. The van der Waals surface area contributed by atoms with Crippen molar-refractivity contribution in [2.75, 3.05) is 26.7 Å². The summed E-state index contributed by atoms with van der Waals surface area (Å²) in [6, 6.07) is 12.1. The van der Waals surface area contributed by atoms with E-state index in [1.54, 1.807) is 19.2 Å². The quantitative estimate of drug-likeness (QED) is 0.186. The SMILES string of the molecule is CCCOc1cc(C)ccc1CNC(=NC)NCCNC(=O)Cc1ccc(F)cc1.I. The van der Waals surface area contributed by atoms with Gasteiger partial charge in [-0.05, 0) is 42.7 Å². The first kappa shape index (κ1) is 26.7. The number of hydrogen-bond donors (Lipinski definition) is 3. The number of nitrogens with zero attached hydrogens (tertiary/aromatic N) is 1. The Kier molecular flexibility index (Phi) is 12.6. The molecular weight excluding hydrogens is 510 g/mol. The largest absolute Gasteiger partial charge is 0.493 e. The summed E-state index contributed by atoms with van der Waals surface area (Å²) in [6.07, 6.45) is 1.18. The van der Waals surface area contributed by atoms with Crippen LogP contribution in [0.1, 0.15) is 30.0 Å². The topological polar surface area (TPSA) is 74.8 Å². The molecule has 0 fully saturated rings. The molecular formula is C23H32FIN4O2. The van der Waals surface area contributed by atoms with Crippen LogP contribution in [0.4, 0.5) is 4.39 Å². The fourth-order valence-corrected chi connectivity index (χ4v) is 2.79. The Bertz CT molecular complexity index is 844. The Labute approximate surface area is 201 Å². The third-order valence-corrected chi connectivity index (χ3v) is 4.37. The second kappa shape index (κ2) is 14.6. The molecule has 0 aliphatic carbocycles. The number of ether oxygens (including phenoxy) is 1. The van der Waals surface area contributed by atoms with E-state index in [1.807, 2.05) is 13.0 Å². The fraction of sp³-hybridized carbons (Fsp3) is 0.391. The van der Waals surface area contributed by atoms with Gasteiger partial charge in [-0.1, -0.05) is 31.2 Å². The number of halogens is 2. The molecule has 0 aliphatic rings. The minimum absolute atomic E-state index is 0. The van der Waals surface area contributed by atoms with Gasteiger partial charge in [0.2, 0.25) is 5.91 Å². The summed E-state index contributed by atoms with van der Waals surface area (Å²) >= 11 is 0. The third-order valence-electron chi connectivity index (χ3n) is 4.37. The van der Waals surface area contributed by atoms with Crippen molar-refractivity contribution < 1.29 is 13.9 Å². The number of aryl methyl sites for hydroxylation is 1. The van der Waals surface area contributed by atoms with Crippen molar-refractivity contribution in [1.82, 2.24) is 16.0 Å². The number of carbonyl (C=O) groups is 1. The van der Waals surface area contributed by atoms with E-state index < -0.39 is 0 Å². The normalized spacial score (nSPS) is 10.8. The number of amides is 1. The number of nitrogens with one attached hydrogen (secondary N) is 3. The highest BCUT2D eigenvalue weighted by Crippen LogP contribution is 2.20. The molecule has 0 unspecified atom stereocenters. The fourth-order valence-electron chi connectivity index (χ4n) is 2.79. The summed E-state index contributed by atoms with van der Waals surface area (Å²) in [6.45, 7) is 6.37. The molecule has 0 saturated heterocycles. The van der Waals surface area contributed by atoms with Crippen molar-refractivity contribution in [3.8, 4) is 5.75 Å². The molecule has 0 radical (unpaired) electrons. The molecule has 2 aromatic carbocycles. The first-order valence-corrected chi connectivity index (χ1v) is 10.2. The molecule has 0 heterocycles. The second-order valence-corrected chi connectivity index (χ2v) is 6.97. The van der Waals surface area contributed by atoms with Crippen LogP contribution in [0.5, 0.6) is 5.75 Å². The number of aliphatic imine (C=N–C) groups is 1. The van der Waals surface area contributed by atoms with Crippen molar-refractivity contribution in [1.29, 1.82) is 0 Å². The van der Waals surface area contributed by atoms with Crippen molar-refractivity contribution in [3.05, 3.63) is 65.0 Å². The van der Waals surface area contributed by atoms with Crippen LogP contribution >= 0.6 is 24.0 Å². The van der Waals surface area contributed by atoms with E-state index in [2.05, 4.69) is 40.0 Å². The summed E-state index contributed by atoms with van der Waals surface area (Å²) in [7, 11) is 1.70. The van der Waals surface area contributed by atoms with Crippen LogP contribution in [0.2, 0.25) is 0 Å². The van der Waals surface area contributed by atoms with E-state index >= 15 is 0 Å². The van der Waals surface area contributed by atoms with Crippen LogP contribution in [0.15, 0.2) is 47.5 Å². The van der Waals surface area contributed by atoms with E-state index in [4.69, 9.17) is 4.74 Å². The molecule has 0 bridgehead atoms. The molecule has 3 N–H and O–H groups in total. The van der Waals surface area contributed by atoms with E-state index in [9.17, 15) is 9.18 Å². The lowest BCUT2D eigenvalue weighted by Gasteiger charge is -2.15. The highest BCUT2D eigenvalue weighted by Gasteiger charge is 2.07. The van der Waals surface area contributed by atoms with Crippen LogP contribution in [-0.2, 0) is 17.8 Å². The predicted octanol–water partition coefficient (Wildman–Crippen LogP) is 3.56. The molecule has 1 amide bonds. The molecule has 2 aromatic rings. The molecule has 0 aliphatic heterocycles. The monoisotopic (exact) mass is 542 g/mol. The number of rotatable bonds is 10. The lowest BCUT2D eigenvalue weighted by atomic mass is 10.1. The Morgan fingerprint density at radius 3 is 2.45 bits per heavy atom. The van der Waals surface area contributed by atoms with Crippen LogP contribution < -0.4 is 20.7 Å². The Hall–Kier alpha value is -2.36. The average Bonchev–Trinajstić information content (AvgIpc) is 2.74. The van der Waals surface area contributed by atoms with Gasteiger partial charge < -0.3 is 20.7 Å². The number of carbonyl (C=O) groups excluding carboxylic acids is 1. The van der Waals surface area contributed by atoms with Crippen molar-refractivity contribution in [2.45, 2.75) is 33.2 Å². The van der Waals surface area contributed by atoms with E-state index in [-0.39, 0.29) is 42.1 Å². The van der Waals surface area contributed by atoms with E-state index in [0.717, 1.165) is 28.9 Å². The predicted molar refractivity (Wildman–Crippen MR) is 134 cm³/mol. The highest BCUT2D eigenvalue weighted by atomic mass is 127. The smallest absolute Gasteiger partial charge is 0.224 e. The molecule has 8 heteroatoms. The molecule has 31 heavy (non-hydrogen) atoms. The lowest BCUT2D eigenvalue weighted by Crippen LogP contribution is -2.41. The zero-order valence-corrected chi connectivity index (χ0v) is 20.7.